The Kier molecular flexibility index (Phi) is 4.42. The number of hydrogen-bond acceptors (Lipinski definition) is 6. The van der Waals surface area contributed by atoms with Crippen LogP contribution in [0.5, 0.6) is 0 Å². The van der Waals surface area contributed by atoms with Gasteiger partial charge in [0, 0.05) is 36.6 Å². The van der Waals surface area contributed by atoms with E-state index >= 15 is 0 Å². The summed E-state index contributed by atoms with van der Waals surface area (Å²) in [6.07, 6.45) is 4.99. The van der Waals surface area contributed by atoms with Crippen LogP contribution in [-0.4, -0.2) is 34.5 Å². The highest BCUT2D eigenvalue weighted by Gasteiger charge is 2.11. The number of pyridine rings is 1. The smallest absolute Gasteiger partial charge is 0.325 e. The molecule has 6 nitrogen and oxygen atoms in total. The first-order valence-corrected chi connectivity index (χ1v) is 7.20. The Bertz CT molecular complexity index is 803. The summed E-state index contributed by atoms with van der Waals surface area (Å²) in [6.45, 7) is 0.277. The van der Waals surface area contributed by atoms with Crippen LogP contribution in [-0.2, 0) is 16.1 Å². The summed E-state index contributed by atoms with van der Waals surface area (Å²) in [7, 11) is 1.75. The molecule has 0 aliphatic carbocycles. The molecule has 0 saturated carbocycles. The first-order chi connectivity index (χ1) is 11.2. The van der Waals surface area contributed by atoms with Gasteiger partial charge in [-0.2, -0.15) is 0 Å². The Balaban J connectivity index is 1.62. The van der Waals surface area contributed by atoms with E-state index < -0.39 is 0 Å². The second-order valence-corrected chi connectivity index (χ2v) is 5.06. The molecular formula is C17H16N4O2. The molecule has 0 amide bonds. The van der Waals surface area contributed by atoms with Crippen molar-refractivity contribution >= 4 is 22.8 Å². The lowest BCUT2D eigenvalue weighted by Crippen LogP contribution is -2.28. The molecule has 0 radical (unpaired) electrons. The number of hydrogen-bond donors (Lipinski definition) is 0. The molecular weight excluding hydrogens is 292 g/mol. The Morgan fingerprint density at radius 1 is 1.04 bits per heavy atom. The van der Waals surface area contributed by atoms with Crippen LogP contribution in [0.4, 0.5) is 5.95 Å². The van der Waals surface area contributed by atoms with Crippen LogP contribution < -0.4 is 4.90 Å². The Morgan fingerprint density at radius 2 is 1.78 bits per heavy atom. The molecule has 3 aromatic rings. The monoisotopic (exact) mass is 308 g/mol. The van der Waals surface area contributed by atoms with E-state index in [9.17, 15) is 4.79 Å². The molecule has 116 valence electrons. The van der Waals surface area contributed by atoms with Crippen molar-refractivity contribution in [1.29, 1.82) is 0 Å². The molecule has 0 N–H and O–H groups in total. The second kappa shape index (κ2) is 6.83. The number of aromatic nitrogens is 3. The number of fused-ring (bicyclic) bond motifs is 1. The SMILES string of the molecule is CN(CC(=O)OCc1cccc2cccnc12)c1ncccn1. The molecule has 0 aliphatic heterocycles. The van der Waals surface area contributed by atoms with E-state index in [4.69, 9.17) is 4.74 Å². The molecule has 23 heavy (non-hydrogen) atoms. The van der Waals surface area contributed by atoms with Crippen LogP contribution in [0.1, 0.15) is 5.56 Å². The average Bonchev–Trinajstić information content (AvgIpc) is 2.60. The van der Waals surface area contributed by atoms with Crippen LogP contribution in [0, 0.1) is 0 Å². The highest BCUT2D eigenvalue weighted by Crippen LogP contribution is 2.16. The number of benzene rings is 1. The van der Waals surface area contributed by atoms with Crippen LogP contribution in [0.25, 0.3) is 10.9 Å². The number of nitrogens with zero attached hydrogens (tertiary/aromatic N) is 4. The normalized spacial score (nSPS) is 10.5. The molecule has 2 heterocycles. The van der Waals surface area contributed by atoms with Crippen molar-refractivity contribution in [3.05, 3.63) is 60.6 Å². The second-order valence-electron chi connectivity index (χ2n) is 5.06. The molecule has 0 bridgehead atoms. The number of carbonyl (C=O) groups excluding carboxylic acids is 1. The van der Waals surface area contributed by atoms with Gasteiger partial charge >= 0.3 is 5.97 Å². The van der Waals surface area contributed by atoms with Crippen molar-refractivity contribution in [3.63, 3.8) is 0 Å². The lowest BCUT2D eigenvalue weighted by Gasteiger charge is -2.15. The lowest BCUT2D eigenvalue weighted by atomic mass is 10.1. The van der Waals surface area contributed by atoms with Gasteiger partial charge in [-0.15, -0.1) is 0 Å². The molecule has 0 aliphatic rings. The first-order valence-electron chi connectivity index (χ1n) is 7.20. The molecule has 1 aromatic carbocycles. The molecule has 2 aromatic heterocycles. The van der Waals surface area contributed by atoms with Gasteiger partial charge in [0.25, 0.3) is 0 Å². The fraction of sp³-hybridized carbons (Fsp3) is 0.176. The minimum Gasteiger partial charge on any atom is -0.459 e. The van der Waals surface area contributed by atoms with Crippen molar-refractivity contribution in [1.82, 2.24) is 15.0 Å². The molecule has 0 atom stereocenters. The third kappa shape index (κ3) is 3.60. The zero-order valence-electron chi connectivity index (χ0n) is 12.7. The van der Waals surface area contributed by atoms with E-state index in [0.717, 1.165) is 16.5 Å². The quantitative estimate of drug-likeness (QED) is 0.673. The number of para-hydroxylation sites is 1. The van der Waals surface area contributed by atoms with E-state index in [2.05, 4.69) is 15.0 Å². The molecule has 0 fully saturated rings. The molecule has 3 rings (SSSR count). The summed E-state index contributed by atoms with van der Waals surface area (Å²) in [5.74, 6) is 0.143. The van der Waals surface area contributed by atoms with Gasteiger partial charge in [0.2, 0.25) is 5.95 Å². The fourth-order valence-corrected chi connectivity index (χ4v) is 2.24. The average molecular weight is 308 g/mol. The van der Waals surface area contributed by atoms with Gasteiger partial charge in [-0.3, -0.25) is 9.78 Å². The minimum absolute atomic E-state index is 0.0855. The lowest BCUT2D eigenvalue weighted by molar-refractivity contribution is -0.143. The summed E-state index contributed by atoms with van der Waals surface area (Å²) in [4.78, 5) is 26.2. The maximum atomic E-state index is 12.0. The van der Waals surface area contributed by atoms with Gasteiger partial charge in [-0.1, -0.05) is 24.3 Å². The predicted octanol–water partition coefficient (Wildman–Crippen LogP) is 2.20. The summed E-state index contributed by atoms with van der Waals surface area (Å²) < 4.78 is 5.35. The van der Waals surface area contributed by atoms with E-state index in [1.54, 1.807) is 36.6 Å². The number of esters is 1. The molecule has 6 heteroatoms. The molecule has 0 saturated heterocycles. The number of ether oxygens (including phenoxy) is 1. The maximum absolute atomic E-state index is 12.0. The van der Waals surface area contributed by atoms with Crippen molar-refractivity contribution in [3.8, 4) is 0 Å². The van der Waals surface area contributed by atoms with Crippen molar-refractivity contribution < 1.29 is 9.53 Å². The van der Waals surface area contributed by atoms with Gasteiger partial charge in [-0.25, -0.2) is 9.97 Å². The number of rotatable bonds is 5. The number of likely N-dealkylation sites (N-methyl/N-ethyl adjacent to an activating group) is 1. The highest BCUT2D eigenvalue weighted by molar-refractivity contribution is 5.82. The van der Waals surface area contributed by atoms with E-state index in [-0.39, 0.29) is 19.1 Å². The summed E-state index contributed by atoms with van der Waals surface area (Å²) in [5.41, 5.74) is 1.73. The standard InChI is InChI=1S/C17H16N4O2/c1-21(17-19-9-4-10-20-17)11-15(22)23-12-14-6-2-5-13-7-3-8-18-16(13)14/h2-10H,11-12H2,1H3. The summed E-state index contributed by atoms with van der Waals surface area (Å²) in [5, 5.41) is 1.02. The van der Waals surface area contributed by atoms with Gasteiger partial charge in [0.15, 0.2) is 0 Å². The molecule has 0 unspecified atom stereocenters. The van der Waals surface area contributed by atoms with Crippen LogP contribution in [0.2, 0.25) is 0 Å². The minimum atomic E-state index is -0.340. The maximum Gasteiger partial charge on any atom is 0.325 e. The third-order valence-corrected chi connectivity index (χ3v) is 3.36. The zero-order chi connectivity index (χ0) is 16.1. The summed E-state index contributed by atoms with van der Waals surface area (Å²) >= 11 is 0. The van der Waals surface area contributed by atoms with E-state index in [0.29, 0.717) is 5.95 Å². The van der Waals surface area contributed by atoms with Crippen molar-refractivity contribution in [2.75, 3.05) is 18.5 Å². The van der Waals surface area contributed by atoms with Gasteiger partial charge in [-0.05, 0) is 12.1 Å². The number of carbonyl (C=O) groups is 1. The van der Waals surface area contributed by atoms with Gasteiger partial charge < -0.3 is 9.64 Å². The number of anilines is 1. The predicted molar refractivity (Wildman–Crippen MR) is 86.8 cm³/mol. The largest absolute Gasteiger partial charge is 0.459 e. The van der Waals surface area contributed by atoms with Crippen LogP contribution >= 0.6 is 0 Å². The Labute approximate surface area is 133 Å². The first kappa shape index (κ1) is 14.9. The van der Waals surface area contributed by atoms with E-state index in [1.807, 2.05) is 30.3 Å². The topological polar surface area (TPSA) is 68.2 Å². The van der Waals surface area contributed by atoms with E-state index in [1.165, 1.54) is 0 Å². The zero-order valence-corrected chi connectivity index (χ0v) is 12.7. The van der Waals surface area contributed by atoms with Crippen molar-refractivity contribution in [2.45, 2.75) is 6.61 Å². The third-order valence-electron chi connectivity index (χ3n) is 3.36. The van der Waals surface area contributed by atoms with Gasteiger partial charge in [0.05, 0.1) is 5.52 Å². The van der Waals surface area contributed by atoms with Crippen LogP contribution in [0.3, 0.4) is 0 Å². The highest BCUT2D eigenvalue weighted by atomic mass is 16.5. The van der Waals surface area contributed by atoms with Crippen molar-refractivity contribution in [2.24, 2.45) is 0 Å². The fourth-order valence-electron chi connectivity index (χ4n) is 2.24. The molecule has 0 spiro atoms. The van der Waals surface area contributed by atoms with Gasteiger partial charge in [0.1, 0.15) is 13.2 Å². The van der Waals surface area contributed by atoms with Crippen LogP contribution in [0.15, 0.2) is 55.0 Å². The summed E-state index contributed by atoms with van der Waals surface area (Å²) in [6, 6.07) is 11.4. The Hall–Kier alpha value is -3.02. The Morgan fingerprint density at radius 3 is 2.61 bits per heavy atom.